The summed E-state index contributed by atoms with van der Waals surface area (Å²) in [4.78, 5) is 26.0. The fraction of sp³-hybridized carbons (Fsp3) is 0.385. The van der Waals surface area contributed by atoms with Gasteiger partial charge < -0.3 is 19.9 Å². The van der Waals surface area contributed by atoms with Gasteiger partial charge in [0.1, 0.15) is 5.75 Å². The van der Waals surface area contributed by atoms with Crippen LogP contribution in [-0.4, -0.2) is 55.5 Å². The second-order valence-corrected chi connectivity index (χ2v) is 4.29. The number of urea groups is 1. The van der Waals surface area contributed by atoms with Crippen molar-refractivity contribution < 1.29 is 14.3 Å². The molecule has 0 bridgehead atoms. The topological polar surface area (TPSA) is 61.9 Å². The van der Waals surface area contributed by atoms with Gasteiger partial charge in [0.25, 0.3) is 0 Å². The molecule has 0 unspecified atom stereocenters. The quantitative estimate of drug-likeness (QED) is 0.828. The number of ether oxygens (including phenoxy) is 1. The molecular weight excluding hydrogens is 246 g/mol. The van der Waals surface area contributed by atoms with Crippen LogP contribution in [0.1, 0.15) is 0 Å². The number of amides is 3. The van der Waals surface area contributed by atoms with Gasteiger partial charge in [-0.15, -0.1) is 0 Å². The zero-order valence-corrected chi connectivity index (χ0v) is 10.8. The Balaban J connectivity index is 1.92. The molecule has 1 N–H and O–H groups in total. The highest BCUT2D eigenvalue weighted by molar-refractivity contribution is 5.89. The van der Waals surface area contributed by atoms with Crippen LogP contribution in [0.15, 0.2) is 24.3 Å². The van der Waals surface area contributed by atoms with Crippen molar-refractivity contribution in [1.82, 2.24) is 9.80 Å². The van der Waals surface area contributed by atoms with Crippen LogP contribution in [0, 0.1) is 0 Å². The van der Waals surface area contributed by atoms with Gasteiger partial charge in [0.05, 0.1) is 7.11 Å². The molecule has 1 fully saturated rings. The predicted octanol–water partition coefficient (Wildman–Crippen LogP) is 1.00. The minimum Gasteiger partial charge on any atom is -0.497 e. The molecular formula is C13H17N3O3. The van der Waals surface area contributed by atoms with E-state index in [0.717, 1.165) is 6.41 Å². The first kappa shape index (κ1) is 13.2. The maximum atomic E-state index is 12.0. The maximum absolute atomic E-state index is 12.0. The molecule has 0 aliphatic carbocycles. The van der Waals surface area contributed by atoms with Gasteiger partial charge >= 0.3 is 6.03 Å². The normalized spacial score (nSPS) is 15.0. The number of piperazine rings is 1. The molecule has 2 rings (SSSR count). The lowest BCUT2D eigenvalue weighted by molar-refractivity contribution is -0.119. The third kappa shape index (κ3) is 3.37. The van der Waals surface area contributed by atoms with E-state index in [2.05, 4.69) is 5.32 Å². The van der Waals surface area contributed by atoms with E-state index in [4.69, 9.17) is 4.74 Å². The van der Waals surface area contributed by atoms with Crippen LogP contribution in [0.4, 0.5) is 10.5 Å². The number of hydrogen-bond acceptors (Lipinski definition) is 3. The fourth-order valence-electron chi connectivity index (χ4n) is 1.93. The van der Waals surface area contributed by atoms with Gasteiger partial charge in [-0.3, -0.25) is 4.79 Å². The molecule has 102 valence electrons. The number of anilines is 1. The Morgan fingerprint density at radius 2 is 2.05 bits per heavy atom. The third-order valence-electron chi connectivity index (χ3n) is 3.07. The minimum absolute atomic E-state index is 0.154. The monoisotopic (exact) mass is 263 g/mol. The molecule has 0 atom stereocenters. The smallest absolute Gasteiger partial charge is 0.321 e. The van der Waals surface area contributed by atoms with Gasteiger partial charge in [0.15, 0.2) is 0 Å². The van der Waals surface area contributed by atoms with E-state index in [-0.39, 0.29) is 6.03 Å². The molecule has 1 aliphatic heterocycles. The minimum atomic E-state index is -0.154. The molecule has 1 saturated heterocycles. The number of hydrogen-bond donors (Lipinski definition) is 1. The molecule has 1 heterocycles. The van der Waals surface area contributed by atoms with Gasteiger partial charge in [-0.2, -0.15) is 0 Å². The van der Waals surface area contributed by atoms with Crippen LogP contribution in [0.2, 0.25) is 0 Å². The summed E-state index contributed by atoms with van der Waals surface area (Å²) in [6, 6.07) is 7.05. The van der Waals surface area contributed by atoms with Crippen molar-refractivity contribution in [2.24, 2.45) is 0 Å². The SMILES string of the molecule is COc1cccc(NC(=O)N2CCN(C=O)CC2)c1. The molecule has 1 aromatic carbocycles. The first-order valence-electron chi connectivity index (χ1n) is 6.12. The van der Waals surface area contributed by atoms with Crippen LogP contribution in [0.25, 0.3) is 0 Å². The average Bonchev–Trinajstić information content (AvgIpc) is 2.47. The lowest BCUT2D eigenvalue weighted by Gasteiger charge is -2.32. The van der Waals surface area contributed by atoms with Crippen LogP contribution < -0.4 is 10.1 Å². The van der Waals surface area contributed by atoms with E-state index >= 15 is 0 Å². The van der Waals surface area contributed by atoms with E-state index in [1.165, 1.54) is 0 Å². The highest BCUT2D eigenvalue weighted by atomic mass is 16.5. The van der Waals surface area contributed by atoms with Crippen LogP contribution in [0.3, 0.4) is 0 Å². The Kier molecular flexibility index (Phi) is 4.22. The van der Waals surface area contributed by atoms with Crippen molar-refractivity contribution >= 4 is 18.1 Å². The Morgan fingerprint density at radius 1 is 1.32 bits per heavy atom. The first-order valence-corrected chi connectivity index (χ1v) is 6.12. The number of carbonyl (C=O) groups excluding carboxylic acids is 2. The Hall–Kier alpha value is -2.24. The van der Waals surface area contributed by atoms with Gasteiger partial charge in [-0.05, 0) is 12.1 Å². The van der Waals surface area contributed by atoms with E-state index in [9.17, 15) is 9.59 Å². The number of rotatable bonds is 3. The second-order valence-electron chi connectivity index (χ2n) is 4.29. The van der Waals surface area contributed by atoms with Crippen molar-refractivity contribution in [2.75, 3.05) is 38.6 Å². The molecule has 3 amide bonds. The number of nitrogens with zero attached hydrogens (tertiary/aromatic N) is 2. The summed E-state index contributed by atoms with van der Waals surface area (Å²) < 4.78 is 5.10. The van der Waals surface area contributed by atoms with Gasteiger partial charge in [0, 0.05) is 37.9 Å². The van der Waals surface area contributed by atoms with E-state index in [1.54, 1.807) is 23.0 Å². The Bertz CT molecular complexity index is 456. The lowest BCUT2D eigenvalue weighted by Crippen LogP contribution is -2.49. The molecule has 0 spiro atoms. The summed E-state index contributed by atoms with van der Waals surface area (Å²) in [5, 5.41) is 2.82. The van der Waals surface area contributed by atoms with Crippen LogP contribution in [0.5, 0.6) is 5.75 Å². The van der Waals surface area contributed by atoms with Crippen molar-refractivity contribution in [3.63, 3.8) is 0 Å². The van der Waals surface area contributed by atoms with Crippen LogP contribution in [-0.2, 0) is 4.79 Å². The Labute approximate surface area is 111 Å². The molecule has 1 aromatic rings. The number of methoxy groups -OCH3 is 1. The van der Waals surface area contributed by atoms with Crippen molar-refractivity contribution in [1.29, 1.82) is 0 Å². The van der Waals surface area contributed by atoms with Crippen molar-refractivity contribution in [2.45, 2.75) is 0 Å². The largest absolute Gasteiger partial charge is 0.497 e. The van der Waals surface area contributed by atoms with Gasteiger partial charge in [-0.25, -0.2) is 4.79 Å². The van der Waals surface area contributed by atoms with Crippen LogP contribution >= 0.6 is 0 Å². The first-order chi connectivity index (χ1) is 9.22. The Morgan fingerprint density at radius 3 is 2.68 bits per heavy atom. The number of nitrogens with one attached hydrogen (secondary N) is 1. The van der Waals surface area contributed by atoms with E-state index in [0.29, 0.717) is 37.6 Å². The molecule has 6 nitrogen and oxygen atoms in total. The second kappa shape index (κ2) is 6.08. The fourth-order valence-corrected chi connectivity index (χ4v) is 1.93. The molecule has 0 saturated carbocycles. The third-order valence-corrected chi connectivity index (χ3v) is 3.07. The summed E-state index contributed by atoms with van der Waals surface area (Å²) in [7, 11) is 1.58. The average molecular weight is 263 g/mol. The lowest BCUT2D eigenvalue weighted by atomic mass is 10.3. The van der Waals surface area contributed by atoms with Crippen molar-refractivity contribution in [3.8, 4) is 5.75 Å². The van der Waals surface area contributed by atoms with E-state index < -0.39 is 0 Å². The zero-order chi connectivity index (χ0) is 13.7. The van der Waals surface area contributed by atoms with Gasteiger partial charge in [-0.1, -0.05) is 6.07 Å². The zero-order valence-electron chi connectivity index (χ0n) is 10.8. The molecule has 6 heteroatoms. The standard InChI is InChI=1S/C13H17N3O3/c1-19-12-4-2-3-11(9-12)14-13(18)16-7-5-15(10-17)6-8-16/h2-4,9-10H,5-8H2,1H3,(H,14,18). The number of carbonyl (C=O) groups is 2. The van der Waals surface area contributed by atoms with Gasteiger partial charge in [0.2, 0.25) is 6.41 Å². The number of benzene rings is 1. The summed E-state index contributed by atoms with van der Waals surface area (Å²) in [6.45, 7) is 2.26. The molecule has 0 aromatic heterocycles. The molecule has 19 heavy (non-hydrogen) atoms. The maximum Gasteiger partial charge on any atom is 0.321 e. The van der Waals surface area contributed by atoms with Crippen molar-refractivity contribution in [3.05, 3.63) is 24.3 Å². The highest BCUT2D eigenvalue weighted by Crippen LogP contribution is 2.17. The van der Waals surface area contributed by atoms with E-state index in [1.807, 2.05) is 18.2 Å². The summed E-state index contributed by atoms with van der Waals surface area (Å²) in [5.41, 5.74) is 0.696. The molecule has 0 radical (unpaired) electrons. The summed E-state index contributed by atoms with van der Waals surface area (Å²) in [6.07, 6.45) is 0.817. The molecule has 1 aliphatic rings. The highest BCUT2D eigenvalue weighted by Gasteiger charge is 2.20. The predicted molar refractivity (Wildman–Crippen MR) is 71.2 cm³/mol. The summed E-state index contributed by atoms with van der Waals surface area (Å²) in [5.74, 6) is 0.698. The summed E-state index contributed by atoms with van der Waals surface area (Å²) >= 11 is 0.